The Balaban J connectivity index is 2.11. The molecule has 2 atom stereocenters. The number of aromatic hydroxyl groups is 1. The lowest BCUT2D eigenvalue weighted by atomic mass is 9.63. The summed E-state index contributed by atoms with van der Waals surface area (Å²) in [6.45, 7) is 2.25. The summed E-state index contributed by atoms with van der Waals surface area (Å²) in [6.07, 6.45) is 8.17. The van der Waals surface area contributed by atoms with E-state index in [4.69, 9.17) is 0 Å². The van der Waals surface area contributed by atoms with Gasteiger partial charge in [0.05, 0.1) is 0 Å². The van der Waals surface area contributed by atoms with Gasteiger partial charge in [0, 0.05) is 6.07 Å². The molecule has 0 aromatic heterocycles. The van der Waals surface area contributed by atoms with Crippen LogP contribution in [-0.4, -0.2) is 5.11 Å². The molecule has 0 aliphatic heterocycles. The fourth-order valence-electron chi connectivity index (χ4n) is 4.04. The summed E-state index contributed by atoms with van der Waals surface area (Å²) in [5, 5.41) is 9.67. The molecular weight excluding hydrogens is 227 g/mol. The SMILES string of the molecule is CC12CCCCCC(Cc3c(F)cc(O)cc31)C2. The van der Waals surface area contributed by atoms with Gasteiger partial charge in [-0.2, -0.15) is 0 Å². The molecule has 98 valence electrons. The van der Waals surface area contributed by atoms with E-state index in [0.29, 0.717) is 5.92 Å². The summed E-state index contributed by atoms with van der Waals surface area (Å²) >= 11 is 0. The van der Waals surface area contributed by atoms with Crippen LogP contribution in [0, 0.1) is 11.7 Å². The second kappa shape index (κ2) is 4.25. The molecule has 2 aliphatic rings. The van der Waals surface area contributed by atoms with Gasteiger partial charge >= 0.3 is 0 Å². The van der Waals surface area contributed by atoms with Gasteiger partial charge in [0.1, 0.15) is 11.6 Å². The van der Waals surface area contributed by atoms with Gasteiger partial charge in [0.15, 0.2) is 0 Å². The Morgan fingerprint density at radius 3 is 2.94 bits per heavy atom. The summed E-state index contributed by atoms with van der Waals surface area (Å²) < 4.78 is 14.1. The van der Waals surface area contributed by atoms with Crippen LogP contribution in [0.15, 0.2) is 12.1 Å². The molecule has 0 saturated heterocycles. The number of phenolic OH excluding ortho intramolecular Hbond substituents is 1. The van der Waals surface area contributed by atoms with Crippen molar-refractivity contribution in [3.8, 4) is 5.75 Å². The highest BCUT2D eigenvalue weighted by Gasteiger charge is 2.38. The van der Waals surface area contributed by atoms with Crippen LogP contribution in [0.4, 0.5) is 4.39 Å². The molecule has 1 nitrogen and oxygen atoms in total. The summed E-state index contributed by atoms with van der Waals surface area (Å²) in [4.78, 5) is 0. The zero-order valence-corrected chi connectivity index (χ0v) is 11.0. The number of hydrogen-bond acceptors (Lipinski definition) is 1. The Morgan fingerprint density at radius 2 is 2.11 bits per heavy atom. The average molecular weight is 248 g/mol. The van der Waals surface area contributed by atoms with Gasteiger partial charge in [-0.25, -0.2) is 4.39 Å². The van der Waals surface area contributed by atoms with Crippen LogP contribution in [0.3, 0.4) is 0 Å². The number of halogens is 1. The Bertz CT molecular complexity index is 468. The highest BCUT2D eigenvalue weighted by Crippen LogP contribution is 2.47. The minimum absolute atomic E-state index is 0.0677. The molecule has 1 saturated carbocycles. The fraction of sp³-hybridized carbons (Fsp3) is 0.625. The molecule has 1 aromatic carbocycles. The van der Waals surface area contributed by atoms with Crippen LogP contribution < -0.4 is 0 Å². The monoisotopic (exact) mass is 248 g/mol. The molecule has 2 heteroatoms. The van der Waals surface area contributed by atoms with E-state index in [2.05, 4.69) is 6.92 Å². The molecule has 1 N–H and O–H groups in total. The Hall–Kier alpha value is -1.05. The predicted molar refractivity (Wildman–Crippen MR) is 70.3 cm³/mol. The third kappa shape index (κ3) is 1.92. The molecule has 2 aliphatic carbocycles. The largest absolute Gasteiger partial charge is 0.508 e. The van der Waals surface area contributed by atoms with Crippen molar-refractivity contribution in [2.24, 2.45) is 5.92 Å². The molecule has 18 heavy (non-hydrogen) atoms. The highest BCUT2D eigenvalue weighted by atomic mass is 19.1. The van der Waals surface area contributed by atoms with Crippen LogP contribution in [0.5, 0.6) is 5.75 Å². The van der Waals surface area contributed by atoms with Crippen molar-refractivity contribution in [1.29, 1.82) is 0 Å². The molecule has 0 amide bonds. The van der Waals surface area contributed by atoms with Crippen molar-refractivity contribution in [3.63, 3.8) is 0 Å². The second-order valence-electron chi connectivity index (χ2n) is 6.39. The number of fused-ring (bicyclic) bond motifs is 4. The quantitative estimate of drug-likeness (QED) is 0.725. The standard InChI is InChI=1S/C16H21FO/c1-16-6-4-2-3-5-11(10-16)7-13-14(16)8-12(18)9-15(13)17/h8-9,11,18H,2-7,10H2,1H3. The first kappa shape index (κ1) is 12.0. The molecule has 1 aromatic rings. The molecule has 3 rings (SSSR count). The van der Waals surface area contributed by atoms with Crippen LogP contribution in [0.1, 0.15) is 56.6 Å². The number of rotatable bonds is 0. The normalized spacial score (nSPS) is 31.3. The Labute approximate surface area is 108 Å². The minimum Gasteiger partial charge on any atom is -0.508 e. The fourth-order valence-corrected chi connectivity index (χ4v) is 4.04. The van der Waals surface area contributed by atoms with Gasteiger partial charge in [-0.3, -0.25) is 0 Å². The molecule has 2 unspecified atom stereocenters. The Morgan fingerprint density at radius 1 is 1.28 bits per heavy atom. The molecule has 0 radical (unpaired) electrons. The van der Waals surface area contributed by atoms with E-state index in [1.54, 1.807) is 6.07 Å². The van der Waals surface area contributed by atoms with Gasteiger partial charge in [0.2, 0.25) is 0 Å². The molecule has 2 bridgehead atoms. The molecule has 0 spiro atoms. The number of benzene rings is 1. The summed E-state index contributed by atoms with van der Waals surface area (Å²) in [7, 11) is 0. The van der Waals surface area contributed by atoms with Crippen LogP contribution in [0.2, 0.25) is 0 Å². The maximum atomic E-state index is 14.1. The van der Waals surface area contributed by atoms with Crippen molar-refractivity contribution in [2.45, 2.75) is 57.3 Å². The van der Waals surface area contributed by atoms with Crippen molar-refractivity contribution >= 4 is 0 Å². The zero-order chi connectivity index (χ0) is 12.8. The first-order valence-corrected chi connectivity index (χ1v) is 7.10. The van der Waals surface area contributed by atoms with Crippen LogP contribution in [0.25, 0.3) is 0 Å². The second-order valence-corrected chi connectivity index (χ2v) is 6.39. The summed E-state index contributed by atoms with van der Waals surface area (Å²) in [5.41, 5.74) is 2.00. The lowest BCUT2D eigenvalue weighted by Crippen LogP contribution is -2.34. The van der Waals surface area contributed by atoms with Gasteiger partial charge in [0.25, 0.3) is 0 Å². The van der Waals surface area contributed by atoms with E-state index in [1.165, 1.54) is 31.7 Å². The maximum absolute atomic E-state index is 14.1. The molecule has 1 fully saturated rings. The van der Waals surface area contributed by atoms with E-state index in [9.17, 15) is 9.50 Å². The number of hydrogen-bond donors (Lipinski definition) is 1. The smallest absolute Gasteiger partial charge is 0.130 e. The third-order valence-electron chi connectivity index (χ3n) is 4.90. The van der Waals surface area contributed by atoms with Gasteiger partial charge in [-0.05, 0) is 47.8 Å². The van der Waals surface area contributed by atoms with Crippen molar-refractivity contribution in [1.82, 2.24) is 0 Å². The van der Waals surface area contributed by atoms with E-state index < -0.39 is 0 Å². The van der Waals surface area contributed by atoms with E-state index >= 15 is 0 Å². The topological polar surface area (TPSA) is 20.2 Å². The van der Waals surface area contributed by atoms with E-state index in [-0.39, 0.29) is 17.0 Å². The van der Waals surface area contributed by atoms with Crippen LogP contribution in [-0.2, 0) is 11.8 Å². The maximum Gasteiger partial charge on any atom is 0.130 e. The average Bonchev–Trinajstić information content (AvgIpc) is 2.28. The highest BCUT2D eigenvalue weighted by molar-refractivity contribution is 5.43. The predicted octanol–water partition coefficient (Wildman–Crippen LogP) is 4.32. The summed E-state index contributed by atoms with van der Waals surface area (Å²) in [5.74, 6) is 0.497. The zero-order valence-electron chi connectivity index (χ0n) is 11.0. The molecular formula is C16H21FO. The van der Waals surface area contributed by atoms with Crippen molar-refractivity contribution < 1.29 is 9.50 Å². The number of phenols is 1. The first-order chi connectivity index (χ1) is 8.58. The lowest BCUT2D eigenvalue weighted by Gasteiger charge is -2.42. The Kier molecular flexibility index (Phi) is 2.84. The third-order valence-corrected chi connectivity index (χ3v) is 4.90. The first-order valence-electron chi connectivity index (χ1n) is 7.10. The van der Waals surface area contributed by atoms with Gasteiger partial charge < -0.3 is 5.11 Å². The van der Waals surface area contributed by atoms with E-state index in [0.717, 1.165) is 30.4 Å². The van der Waals surface area contributed by atoms with Crippen molar-refractivity contribution in [3.05, 3.63) is 29.1 Å². The van der Waals surface area contributed by atoms with Gasteiger partial charge in [-0.15, -0.1) is 0 Å². The van der Waals surface area contributed by atoms with E-state index in [1.807, 2.05) is 0 Å². The van der Waals surface area contributed by atoms with Crippen molar-refractivity contribution in [2.75, 3.05) is 0 Å². The lowest BCUT2D eigenvalue weighted by molar-refractivity contribution is 0.241. The summed E-state index contributed by atoms with van der Waals surface area (Å²) in [6, 6.07) is 3.07. The van der Waals surface area contributed by atoms with Crippen LogP contribution >= 0.6 is 0 Å². The molecule has 0 heterocycles. The minimum atomic E-state index is -0.207. The van der Waals surface area contributed by atoms with Gasteiger partial charge in [-0.1, -0.05) is 32.6 Å².